The third-order valence-corrected chi connectivity index (χ3v) is 2.51. The van der Waals surface area contributed by atoms with E-state index in [1.807, 2.05) is 0 Å². The Hall–Kier alpha value is -2.36. The fraction of sp³-hybridized carbons (Fsp3) is 0.143. The topological polar surface area (TPSA) is 48.4 Å². The summed E-state index contributed by atoms with van der Waals surface area (Å²) in [7, 11) is 3.09. The van der Waals surface area contributed by atoms with Crippen molar-refractivity contribution in [2.24, 2.45) is 0 Å². The molecule has 0 amide bonds. The average molecular weight is 243 g/mol. The van der Waals surface area contributed by atoms with E-state index in [1.165, 1.54) is 0 Å². The number of rotatable bonds is 4. The van der Waals surface area contributed by atoms with Crippen molar-refractivity contribution in [3.8, 4) is 11.5 Å². The van der Waals surface area contributed by atoms with E-state index in [0.29, 0.717) is 22.8 Å². The van der Waals surface area contributed by atoms with Crippen LogP contribution in [0, 0.1) is 0 Å². The number of hydrogen-bond donors (Lipinski definition) is 0. The first-order valence-electron chi connectivity index (χ1n) is 5.43. The monoisotopic (exact) mass is 243 g/mol. The van der Waals surface area contributed by atoms with E-state index in [-0.39, 0.29) is 5.78 Å². The van der Waals surface area contributed by atoms with Crippen molar-refractivity contribution in [1.82, 2.24) is 4.98 Å². The molecule has 1 aromatic heterocycles. The molecular formula is C14H13NO3. The van der Waals surface area contributed by atoms with Crippen LogP contribution < -0.4 is 9.47 Å². The molecule has 0 unspecified atom stereocenters. The minimum Gasteiger partial charge on any atom is -0.497 e. The van der Waals surface area contributed by atoms with Gasteiger partial charge in [0.2, 0.25) is 5.78 Å². The zero-order valence-electron chi connectivity index (χ0n) is 10.2. The summed E-state index contributed by atoms with van der Waals surface area (Å²) in [5.74, 6) is 0.995. The van der Waals surface area contributed by atoms with Gasteiger partial charge >= 0.3 is 0 Å². The maximum Gasteiger partial charge on any atom is 0.211 e. The summed E-state index contributed by atoms with van der Waals surface area (Å²) in [6, 6.07) is 10.3. The lowest BCUT2D eigenvalue weighted by molar-refractivity contribution is 0.103. The molecule has 2 rings (SSSR count). The fourth-order valence-electron chi connectivity index (χ4n) is 1.58. The molecule has 0 atom stereocenters. The average Bonchev–Trinajstić information content (AvgIpc) is 2.46. The molecule has 0 bridgehead atoms. The Kier molecular flexibility index (Phi) is 3.57. The van der Waals surface area contributed by atoms with Gasteiger partial charge < -0.3 is 9.47 Å². The SMILES string of the molecule is COc1cc(OC)cc(C(=O)c2ccccn2)c1. The molecule has 2 aromatic rings. The van der Waals surface area contributed by atoms with E-state index in [9.17, 15) is 4.79 Å². The number of carbonyl (C=O) groups is 1. The van der Waals surface area contributed by atoms with Gasteiger partial charge in [0.1, 0.15) is 17.2 Å². The Balaban J connectivity index is 2.41. The molecule has 18 heavy (non-hydrogen) atoms. The van der Waals surface area contributed by atoms with Crippen molar-refractivity contribution in [3.63, 3.8) is 0 Å². The van der Waals surface area contributed by atoms with Gasteiger partial charge in [-0.05, 0) is 24.3 Å². The standard InChI is InChI=1S/C14H13NO3/c1-17-11-7-10(8-12(9-11)18-2)14(16)13-5-3-4-6-15-13/h3-9H,1-2H3. The Labute approximate surface area is 105 Å². The van der Waals surface area contributed by atoms with E-state index >= 15 is 0 Å². The van der Waals surface area contributed by atoms with Crippen LogP contribution in [-0.4, -0.2) is 25.0 Å². The minimum atomic E-state index is -0.159. The smallest absolute Gasteiger partial charge is 0.211 e. The highest BCUT2D eigenvalue weighted by molar-refractivity contribution is 6.08. The van der Waals surface area contributed by atoms with Crippen LogP contribution in [0.15, 0.2) is 42.6 Å². The molecule has 1 heterocycles. The molecule has 1 aromatic carbocycles. The van der Waals surface area contributed by atoms with Crippen LogP contribution in [0.25, 0.3) is 0 Å². The van der Waals surface area contributed by atoms with Crippen LogP contribution in [0.2, 0.25) is 0 Å². The molecule has 0 radical (unpaired) electrons. The van der Waals surface area contributed by atoms with Crippen LogP contribution in [0.4, 0.5) is 0 Å². The van der Waals surface area contributed by atoms with Gasteiger partial charge in [0, 0.05) is 17.8 Å². The van der Waals surface area contributed by atoms with E-state index in [1.54, 1.807) is 56.8 Å². The number of benzene rings is 1. The summed E-state index contributed by atoms with van der Waals surface area (Å²) in [5, 5.41) is 0. The maximum absolute atomic E-state index is 12.2. The Morgan fingerprint density at radius 2 is 1.72 bits per heavy atom. The number of ketones is 1. The Morgan fingerprint density at radius 1 is 1.06 bits per heavy atom. The highest BCUT2D eigenvalue weighted by Gasteiger charge is 2.12. The molecule has 0 saturated carbocycles. The van der Waals surface area contributed by atoms with Gasteiger partial charge in [0.25, 0.3) is 0 Å². The van der Waals surface area contributed by atoms with E-state index in [0.717, 1.165) is 0 Å². The predicted octanol–water partition coefficient (Wildman–Crippen LogP) is 2.33. The molecule has 92 valence electrons. The molecular weight excluding hydrogens is 230 g/mol. The zero-order valence-corrected chi connectivity index (χ0v) is 10.2. The van der Waals surface area contributed by atoms with Crippen molar-refractivity contribution < 1.29 is 14.3 Å². The maximum atomic E-state index is 12.2. The number of ether oxygens (including phenoxy) is 2. The molecule has 0 N–H and O–H groups in total. The second-order valence-corrected chi connectivity index (χ2v) is 3.65. The third-order valence-electron chi connectivity index (χ3n) is 2.51. The number of aromatic nitrogens is 1. The Bertz CT molecular complexity index is 530. The number of hydrogen-bond acceptors (Lipinski definition) is 4. The van der Waals surface area contributed by atoms with Crippen molar-refractivity contribution in [1.29, 1.82) is 0 Å². The molecule has 4 nitrogen and oxygen atoms in total. The van der Waals surface area contributed by atoms with Crippen molar-refractivity contribution >= 4 is 5.78 Å². The minimum absolute atomic E-state index is 0.159. The summed E-state index contributed by atoms with van der Waals surface area (Å²) in [6.07, 6.45) is 1.59. The first-order valence-corrected chi connectivity index (χ1v) is 5.43. The summed E-state index contributed by atoms with van der Waals surface area (Å²) in [5.41, 5.74) is 0.887. The van der Waals surface area contributed by atoms with Gasteiger partial charge in [-0.3, -0.25) is 9.78 Å². The summed E-state index contributed by atoms with van der Waals surface area (Å²) in [4.78, 5) is 16.2. The number of methoxy groups -OCH3 is 2. The fourth-order valence-corrected chi connectivity index (χ4v) is 1.58. The largest absolute Gasteiger partial charge is 0.497 e. The second-order valence-electron chi connectivity index (χ2n) is 3.65. The van der Waals surface area contributed by atoms with Crippen LogP contribution in [-0.2, 0) is 0 Å². The highest BCUT2D eigenvalue weighted by Crippen LogP contribution is 2.23. The molecule has 4 heteroatoms. The zero-order chi connectivity index (χ0) is 13.0. The lowest BCUT2D eigenvalue weighted by atomic mass is 10.1. The van der Waals surface area contributed by atoms with Crippen LogP contribution in [0.1, 0.15) is 16.1 Å². The summed E-state index contributed by atoms with van der Waals surface area (Å²) >= 11 is 0. The van der Waals surface area contributed by atoms with Crippen LogP contribution in [0.3, 0.4) is 0 Å². The van der Waals surface area contributed by atoms with Crippen molar-refractivity contribution in [2.45, 2.75) is 0 Å². The predicted molar refractivity (Wildman–Crippen MR) is 67.2 cm³/mol. The summed E-state index contributed by atoms with van der Waals surface area (Å²) in [6.45, 7) is 0. The van der Waals surface area contributed by atoms with Gasteiger partial charge in [-0.2, -0.15) is 0 Å². The molecule has 0 aliphatic rings. The molecule has 0 aliphatic heterocycles. The van der Waals surface area contributed by atoms with Gasteiger partial charge in [0.05, 0.1) is 14.2 Å². The third kappa shape index (κ3) is 2.48. The molecule has 0 spiro atoms. The first-order chi connectivity index (χ1) is 8.74. The number of carbonyl (C=O) groups excluding carboxylic acids is 1. The lowest BCUT2D eigenvalue weighted by Crippen LogP contribution is -2.04. The van der Waals surface area contributed by atoms with Gasteiger partial charge in [0.15, 0.2) is 0 Å². The normalized spacial score (nSPS) is 9.89. The van der Waals surface area contributed by atoms with Gasteiger partial charge in [-0.1, -0.05) is 6.07 Å². The Morgan fingerprint density at radius 3 is 2.22 bits per heavy atom. The quantitative estimate of drug-likeness (QED) is 0.773. The number of nitrogens with zero attached hydrogens (tertiary/aromatic N) is 1. The van der Waals surface area contributed by atoms with E-state index in [2.05, 4.69) is 4.98 Å². The van der Waals surface area contributed by atoms with Gasteiger partial charge in [-0.25, -0.2) is 0 Å². The van der Waals surface area contributed by atoms with Gasteiger partial charge in [-0.15, -0.1) is 0 Å². The van der Waals surface area contributed by atoms with E-state index in [4.69, 9.17) is 9.47 Å². The highest BCUT2D eigenvalue weighted by atomic mass is 16.5. The number of pyridine rings is 1. The van der Waals surface area contributed by atoms with Crippen LogP contribution in [0.5, 0.6) is 11.5 Å². The molecule has 0 saturated heterocycles. The van der Waals surface area contributed by atoms with Crippen molar-refractivity contribution in [2.75, 3.05) is 14.2 Å². The second kappa shape index (κ2) is 5.31. The molecule has 0 aliphatic carbocycles. The van der Waals surface area contributed by atoms with Crippen molar-refractivity contribution in [3.05, 3.63) is 53.9 Å². The van der Waals surface area contributed by atoms with Crippen LogP contribution >= 0.6 is 0 Å². The first kappa shape index (κ1) is 12.1. The van der Waals surface area contributed by atoms with E-state index < -0.39 is 0 Å². The molecule has 0 fully saturated rings. The lowest BCUT2D eigenvalue weighted by Gasteiger charge is -2.07. The summed E-state index contributed by atoms with van der Waals surface area (Å²) < 4.78 is 10.3.